The molecule has 0 unspecified atom stereocenters. The van der Waals surface area contributed by atoms with E-state index in [9.17, 15) is 18.4 Å². The van der Waals surface area contributed by atoms with E-state index in [4.69, 9.17) is 4.74 Å². The minimum atomic E-state index is -0.738. The first-order valence-electron chi connectivity index (χ1n) is 10.9. The SMILES string of the molecule is CC(C)(C)C(=O)Oc1ccccc1-c1nc2ccc(F)cc2c(=O)n1CCc1cccc(F)c1. The van der Waals surface area contributed by atoms with Crippen LogP contribution in [0.15, 0.2) is 71.5 Å². The number of carbonyl (C=O) groups is 1. The van der Waals surface area contributed by atoms with E-state index >= 15 is 0 Å². The van der Waals surface area contributed by atoms with Gasteiger partial charge in [-0.05, 0) is 75.2 Å². The van der Waals surface area contributed by atoms with Crippen LogP contribution in [0.25, 0.3) is 22.3 Å². The average Bonchev–Trinajstić information content (AvgIpc) is 2.78. The Morgan fingerprint density at radius 2 is 1.71 bits per heavy atom. The molecule has 0 fully saturated rings. The fourth-order valence-electron chi connectivity index (χ4n) is 3.53. The maximum atomic E-state index is 13.9. The molecule has 4 rings (SSSR count). The number of ether oxygens (including phenoxy) is 1. The Hall–Kier alpha value is -3.87. The van der Waals surface area contributed by atoms with Gasteiger partial charge in [0, 0.05) is 6.54 Å². The quantitative estimate of drug-likeness (QED) is 0.289. The zero-order valence-corrected chi connectivity index (χ0v) is 19.1. The molecule has 0 saturated heterocycles. The Morgan fingerprint density at radius 1 is 0.971 bits per heavy atom. The van der Waals surface area contributed by atoms with Gasteiger partial charge in [0.25, 0.3) is 5.56 Å². The number of fused-ring (bicyclic) bond motifs is 1. The molecule has 0 radical (unpaired) electrons. The van der Waals surface area contributed by atoms with Crippen LogP contribution in [0.5, 0.6) is 5.75 Å². The van der Waals surface area contributed by atoms with E-state index in [2.05, 4.69) is 4.98 Å². The summed E-state index contributed by atoms with van der Waals surface area (Å²) in [6.45, 7) is 5.40. The van der Waals surface area contributed by atoms with E-state index in [-0.39, 0.29) is 29.3 Å². The summed E-state index contributed by atoms with van der Waals surface area (Å²) in [7, 11) is 0. The van der Waals surface area contributed by atoms with Crippen LogP contribution < -0.4 is 10.3 Å². The van der Waals surface area contributed by atoms with Crippen LogP contribution in [0.4, 0.5) is 8.78 Å². The second-order valence-corrected chi connectivity index (χ2v) is 9.07. The van der Waals surface area contributed by atoms with E-state index in [0.29, 0.717) is 23.1 Å². The van der Waals surface area contributed by atoms with Gasteiger partial charge >= 0.3 is 5.97 Å². The van der Waals surface area contributed by atoms with Gasteiger partial charge in [-0.25, -0.2) is 13.8 Å². The highest BCUT2D eigenvalue weighted by Gasteiger charge is 2.26. The lowest BCUT2D eigenvalue weighted by molar-refractivity contribution is -0.142. The van der Waals surface area contributed by atoms with Crippen molar-refractivity contribution in [3.8, 4) is 17.1 Å². The van der Waals surface area contributed by atoms with Gasteiger partial charge in [-0.2, -0.15) is 0 Å². The maximum absolute atomic E-state index is 13.9. The van der Waals surface area contributed by atoms with Crippen LogP contribution >= 0.6 is 0 Å². The fraction of sp³-hybridized carbons (Fsp3) is 0.222. The highest BCUT2D eigenvalue weighted by atomic mass is 19.1. The van der Waals surface area contributed by atoms with Crippen molar-refractivity contribution in [2.24, 2.45) is 5.41 Å². The molecule has 0 atom stereocenters. The van der Waals surface area contributed by atoms with Crippen LogP contribution in [0.2, 0.25) is 0 Å². The number of aryl methyl sites for hydroxylation is 1. The molecule has 0 aliphatic rings. The predicted octanol–water partition coefficient (Wildman–Crippen LogP) is 5.54. The van der Waals surface area contributed by atoms with Crippen LogP contribution in [0.3, 0.4) is 0 Å². The first-order chi connectivity index (χ1) is 16.1. The molecule has 0 saturated carbocycles. The maximum Gasteiger partial charge on any atom is 0.316 e. The molecule has 1 heterocycles. The molecule has 0 amide bonds. The standard InChI is InChI=1S/C27H24F2N2O3/c1-27(2,3)26(33)34-23-10-5-4-9-20(23)24-30-22-12-11-19(29)16-21(22)25(32)31(24)14-13-17-7-6-8-18(28)15-17/h4-12,15-16H,13-14H2,1-3H3. The summed E-state index contributed by atoms with van der Waals surface area (Å²) >= 11 is 0. The molecular formula is C27H24F2N2O3. The summed E-state index contributed by atoms with van der Waals surface area (Å²) in [5.41, 5.74) is 0.291. The number of carbonyl (C=O) groups excluding carboxylic acids is 1. The van der Waals surface area contributed by atoms with E-state index in [1.54, 1.807) is 57.2 Å². The highest BCUT2D eigenvalue weighted by molar-refractivity contribution is 5.83. The minimum Gasteiger partial charge on any atom is -0.425 e. The third kappa shape index (κ3) is 4.88. The molecule has 4 aromatic rings. The zero-order valence-electron chi connectivity index (χ0n) is 19.1. The van der Waals surface area contributed by atoms with Crippen molar-refractivity contribution in [1.82, 2.24) is 9.55 Å². The van der Waals surface area contributed by atoms with Crippen LogP contribution in [-0.2, 0) is 17.8 Å². The monoisotopic (exact) mass is 462 g/mol. The molecule has 0 bridgehead atoms. The van der Waals surface area contributed by atoms with Gasteiger partial charge in [-0.15, -0.1) is 0 Å². The Balaban J connectivity index is 1.87. The lowest BCUT2D eigenvalue weighted by Gasteiger charge is -2.19. The normalized spacial score (nSPS) is 11.6. The van der Waals surface area contributed by atoms with E-state index in [1.807, 2.05) is 0 Å². The van der Waals surface area contributed by atoms with Gasteiger partial charge in [0.2, 0.25) is 0 Å². The molecule has 3 aromatic carbocycles. The second kappa shape index (κ2) is 9.17. The first kappa shape index (κ1) is 23.3. The zero-order chi connectivity index (χ0) is 24.5. The third-order valence-corrected chi connectivity index (χ3v) is 5.37. The second-order valence-electron chi connectivity index (χ2n) is 9.07. The summed E-state index contributed by atoms with van der Waals surface area (Å²) in [5.74, 6) is -0.817. The van der Waals surface area contributed by atoms with Crippen molar-refractivity contribution in [2.75, 3.05) is 0 Å². The number of rotatable bonds is 5. The molecular weight excluding hydrogens is 438 g/mol. The molecule has 0 aliphatic carbocycles. The van der Waals surface area contributed by atoms with Gasteiger partial charge in [0.15, 0.2) is 0 Å². The number of benzene rings is 3. The predicted molar refractivity (Wildman–Crippen MR) is 127 cm³/mol. The number of esters is 1. The number of hydrogen-bond donors (Lipinski definition) is 0. The minimum absolute atomic E-state index is 0.132. The van der Waals surface area contributed by atoms with E-state index < -0.39 is 22.8 Å². The Kier molecular flexibility index (Phi) is 6.28. The van der Waals surface area contributed by atoms with Crippen molar-refractivity contribution in [2.45, 2.75) is 33.7 Å². The van der Waals surface area contributed by atoms with Crippen LogP contribution in [-0.4, -0.2) is 15.5 Å². The fourth-order valence-corrected chi connectivity index (χ4v) is 3.53. The van der Waals surface area contributed by atoms with Gasteiger partial charge in [0.1, 0.15) is 23.2 Å². The Bertz CT molecular complexity index is 1440. The summed E-state index contributed by atoms with van der Waals surface area (Å²) in [5, 5.41) is 0.132. The number of aromatic nitrogens is 2. The lowest BCUT2D eigenvalue weighted by Crippen LogP contribution is -2.27. The van der Waals surface area contributed by atoms with Crippen molar-refractivity contribution in [3.05, 3.63) is 94.3 Å². The summed E-state index contributed by atoms with van der Waals surface area (Å²) < 4.78 is 34.7. The van der Waals surface area contributed by atoms with E-state index in [0.717, 1.165) is 6.07 Å². The molecule has 7 heteroatoms. The average molecular weight is 462 g/mol. The number of nitrogens with zero attached hydrogens (tertiary/aromatic N) is 2. The molecule has 34 heavy (non-hydrogen) atoms. The topological polar surface area (TPSA) is 61.2 Å². The van der Waals surface area contributed by atoms with Crippen molar-refractivity contribution in [3.63, 3.8) is 0 Å². The van der Waals surface area contributed by atoms with Gasteiger partial charge in [0.05, 0.1) is 21.9 Å². The summed E-state index contributed by atoms with van der Waals surface area (Å²) in [4.78, 5) is 30.6. The molecule has 1 aromatic heterocycles. The van der Waals surface area contributed by atoms with E-state index in [1.165, 1.54) is 28.8 Å². The lowest BCUT2D eigenvalue weighted by atomic mass is 9.97. The van der Waals surface area contributed by atoms with Crippen molar-refractivity contribution in [1.29, 1.82) is 0 Å². The number of hydrogen-bond acceptors (Lipinski definition) is 4. The largest absolute Gasteiger partial charge is 0.425 e. The van der Waals surface area contributed by atoms with Crippen LogP contribution in [0, 0.1) is 17.0 Å². The number of halogens is 2. The van der Waals surface area contributed by atoms with Crippen LogP contribution in [0.1, 0.15) is 26.3 Å². The molecule has 0 N–H and O–H groups in total. The van der Waals surface area contributed by atoms with Crippen molar-refractivity contribution < 1.29 is 18.3 Å². The number of para-hydroxylation sites is 1. The molecule has 0 spiro atoms. The smallest absolute Gasteiger partial charge is 0.316 e. The third-order valence-electron chi connectivity index (χ3n) is 5.37. The van der Waals surface area contributed by atoms with Gasteiger partial charge in [-0.1, -0.05) is 24.3 Å². The Morgan fingerprint density at radius 3 is 2.44 bits per heavy atom. The highest BCUT2D eigenvalue weighted by Crippen LogP contribution is 2.31. The summed E-state index contributed by atoms with van der Waals surface area (Å²) in [6.07, 6.45) is 0.344. The molecule has 5 nitrogen and oxygen atoms in total. The summed E-state index contributed by atoms with van der Waals surface area (Å²) in [6, 6.07) is 16.8. The first-order valence-corrected chi connectivity index (χ1v) is 10.9. The molecule has 174 valence electrons. The molecule has 0 aliphatic heterocycles. The van der Waals surface area contributed by atoms with Gasteiger partial charge < -0.3 is 4.74 Å². The van der Waals surface area contributed by atoms with Crippen molar-refractivity contribution >= 4 is 16.9 Å². The Labute approximate surface area is 195 Å². The van der Waals surface area contributed by atoms with Gasteiger partial charge in [-0.3, -0.25) is 14.2 Å².